The van der Waals surface area contributed by atoms with E-state index in [2.05, 4.69) is 20.4 Å². The van der Waals surface area contributed by atoms with Crippen LogP contribution in [0.3, 0.4) is 0 Å². The van der Waals surface area contributed by atoms with Crippen LogP contribution >= 0.6 is 0 Å². The first-order valence-electron chi connectivity index (χ1n) is 7.40. The zero-order valence-electron chi connectivity index (χ0n) is 12.7. The first-order valence-corrected chi connectivity index (χ1v) is 9.46. The summed E-state index contributed by atoms with van der Waals surface area (Å²) in [6, 6.07) is 4.38. The van der Waals surface area contributed by atoms with Gasteiger partial charge < -0.3 is 10.2 Å². The minimum absolute atomic E-state index is 0.250. The third-order valence-electron chi connectivity index (χ3n) is 3.65. The molecule has 0 amide bonds. The molecule has 1 atom stereocenters. The molecule has 7 heteroatoms. The van der Waals surface area contributed by atoms with Crippen LogP contribution < -0.4 is 10.2 Å². The SMILES string of the molecule is Cc1ccc(N2CCC[C@H](NCCCS(C)(=O)=O)C2)nn1. The normalized spacial score (nSPS) is 19.7. The summed E-state index contributed by atoms with van der Waals surface area (Å²) in [6.45, 7) is 4.57. The minimum atomic E-state index is -2.85. The molecule has 0 radical (unpaired) electrons. The van der Waals surface area contributed by atoms with E-state index in [0.717, 1.165) is 44.0 Å². The standard InChI is InChI=1S/C14H24N4O2S/c1-12-6-7-14(17-16-12)18-9-3-5-13(11-18)15-8-4-10-21(2,19)20/h6-7,13,15H,3-5,8-11H2,1-2H3/t13-/m0/s1. The summed E-state index contributed by atoms with van der Waals surface area (Å²) < 4.78 is 22.2. The first-order chi connectivity index (χ1) is 9.94. The number of sulfone groups is 1. The number of hydrogen-bond acceptors (Lipinski definition) is 6. The maximum absolute atomic E-state index is 11.1. The topological polar surface area (TPSA) is 75.2 Å². The molecule has 0 spiro atoms. The Morgan fingerprint density at radius 1 is 1.38 bits per heavy atom. The van der Waals surface area contributed by atoms with Crippen molar-refractivity contribution >= 4 is 15.7 Å². The van der Waals surface area contributed by atoms with Crippen molar-refractivity contribution in [2.75, 3.05) is 36.5 Å². The second-order valence-electron chi connectivity index (χ2n) is 5.76. The van der Waals surface area contributed by atoms with Crippen LogP contribution in [-0.4, -0.2) is 56.3 Å². The van der Waals surface area contributed by atoms with Gasteiger partial charge in [0, 0.05) is 25.4 Å². The average Bonchev–Trinajstić information content (AvgIpc) is 2.44. The van der Waals surface area contributed by atoms with E-state index >= 15 is 0 Å². The Kier molecular flexibility index (Phi) is 5.52. The summed E-state index contributed by atoms with van der Waals surface area (Å²) in [5.74, 6) is 1.17. The number of nitrogens with zero attached hydrogens (tertiary/aromatic N) is 3. The maximum atomic E-state index is 11.1. The van der Waals surface area contributed by atoms with E-state index < -0.39 is 9.84 Å². The van der Waals surface area contributed by atoms with Gasteiger partial charge in [0.05, 0.1) is 11.4 Å². The van der Waals surface area contributed by atoms with Gasteiger partial charge in [0.15, 0.2) is 5.82 Å². The van der Waals surface area contributed by atoms with Crippen LogP contribution in [0, 0.1) is 6.92 Å². The van der Waals surface area contributed by atoms with E-state index in [-0.39, 0.29) is 5.75 Å². The van der Waals surface area contributed by atoms with E-state index in [1.54, 1.807) is 0 Å². The fraction of sp³-hybridized carbons (Fsp3) is 0.714. The first kappa shape index (κ1) is 16.2. The lowest BCUT2D eigenvalue weighted by atomic mass is 10.1. The highest BCUT2D eigenvalue weighted by atomic mass is 32.2. The smallest absolute Gasteiger partial charge is 0.151 e. The Bertz CT molecular complexity index is 545. The van der Waals surface area contributed by atoms with Crippen molar-refractivity contribution in [1.29, 1.82) is 0 Å². The van der Waals surface area contributed by atoms with E-state index in [1.807, 2.05) is 19.1 Å². The van der Waals surface area contributed by atoms with Gasteiger partial charge in [-0.1, -0.05) is 0 Å². The number of anilines is 1. The van der Waals surface area contributed by atoms with E-state index in [9.17, 15) is 8.42 Å². The molecule has 1 fully saturated rings. The zero-order chi connectivity index (χ0) is 15.3. The monoisotopic (exact) mass is 312 g/mol. The van der Waals surface area contributed by atoms with Crippen LogP contribution in [0.1, 0.15) is 25.0 Å². The third-order valence-corrected chi connectivity index (χ3v) is 4.68. The Morgan fingerprint density at radius 2 is 2.19 bits per heavy atom. The molecule has 2 rings (SSSR count). The van der Waals surface area contributed by atoms with E-state index in [1.165, 1.54) is 6.26 Å². The zero-order valence-corrected chi connectivity index (χ0v) is 13.6. The van der Waals surface area contributed by atoms with Crippen LogP contribution in [0.15, 0.2) is 12.1 Å². The molecule has 1 N–H and O–H groups in total. The number of aromatic nitrogens is 2. The van der Waals surface area contributed by atoms with Gasteiger partial charge in [-0.2, -0.15) is 5.10 Å². The summed E-state index contributed by atoms with van der Waals surface area (Å²) in [5.41, 5.74) is 0.922. The van der Waals surface area contributed by atoms with Gasteiger partial charge in [-0.15, -0.1) is 5.10 Å². The van der Waals surface area contributed by atoms with Crippen molar-refractivity contribution in [1.82, 2.24) is 15.5 Å². The molecule has 6 nitrogen and oxygen atoms in total. The molecule has 21 heavy (non-hydrogen) atoms. The van der Waals surface area contributed by atoms with Gasteiger partial charge in [-0.05, 0) is 44.9 Å². The lowest BCUT2D eigenvalue weighted by Crippen LogP contribution is -2.46. The predicted molar refractivity (Wildman–Crippen MR) is 84.3 cm³/mol. The molecule has 1 aromatic rings. The molecule has 118 valence electrons. The summed E-state index contributed by atoms with van der Waals surface area (Å²) >= 11 is 0. The van der Waals surface area contributed by atoms with Crippen LogP contribution in [0.25, 0.3) is 0 Å². The Balaban J connectivity index is 1.79. The van der Waals surface area contributed by atoms with Gasteiger partial charge >= 0.3 is 0 Å². The molecular formula is C14H24N4O2S. The number of piperidine rings is 1. The number of hydrogen-bond donors (Lipinski definition) is 1. The highest BCUT2D eigenvalue weighted by Crippen LogP contribution is 2.17. The highest BCUT2D eigenvalue weighted by molar-refractivity contribution is 7.90. The highest BCUT2D eigenvalue weighted by Gasteiger charge is 2.20. The molecule has 0 unspecified atom stereocenters. The van der Waals surface area contributed by atoms with Crippen molar-refractivity contribution < 1.29 is 8.42 Å². The van der Waals surface area contributed by atoms with Crippen molar-refractivity contribution in [2.24, 2.45) is 0 Å². The largest absolute Gasteiger partial charge is 0.354 e. The van der Waals surface area contributed by atoms with Crippen molar-refractivity contribution in [3.8, 4) is 0 Å². The van der Waals surface area contributed by atoms with Crippen molar-refractivity contribution in [3.05, 3.63) is 17.8 Å². The second kappa shape index (κ2) is 7.17. The van der Waals surface area contributed by atoms with Crippen LogP contribution in [0.4, 0.5) is 5.82 Å². The van der Waals surface area contributed by atoms with Crippen LogP contribution in [0.2, 0.25) is 0 Å². The van der Waals surface area contributed by atoms with Gasteiger partial charge in [0.1, 0.15) is 9.84 Å². The van der Waals surface area contributed by atoms with Crippen LogP contribution in [-0.2, 0) is 9.84 Å². The number of nitrogens with one attached hydrogen (secondary N) is 1. The molecule has 0 saturated carbocycles. The van der Waals surface area contributed by atoms with Crippen molar-refractivity contribution in [2.45, 2.75) is 32.2 Å². The fourth-order valence-electron chi connectivity index (χ4n) is 2.55. The lowest BCUT2D eigenvalue weighted by molar-refractivity contribution is 0.421. The number of rotatable bonds is 6. The molecule has 1 saturated heterocycles. The third kappa shape index (κ3) is 5.59. The molecule has 0 bridgehead atoms. The molecule has 1 aliphatic heterocycles. The van der Waals surface area contributed by atoms with Crippen LogP contribution in [0.5, 0.6) is 0 Å². The van der Waals surface area contributed by atoms with E-state index in [4.69, 9.17) is 0 Å². The average molecular weight is 312 g/mol. The maximum Gasteiger partial charge on any atom is 0.151 e. The summed E-state index contributed by atoms with van der Waals surface area (Å²) in [5, 5.41) is 11.8. The molecule has 0 aromatic carbocycles. The number of aryl methyl sites for hydroxylation is 1. The lowest BCUT2D eigenvalue weighted by Gasteiger charge is -2.33. The van der Waals surface area contributed by atoms with Gasteiger partial charge in [0.2, 0.25) is 0 Å². The fourth-order valence-corrected chi connectivity index (χ4v) is 3.22. The molecule has 0 aliphatic carbocycles. The van der Waals surface area contributed by atoms with Crippen molar-refractivity contribution in [3.63, 3.8) is 0 Å². The van der Waals surface area contributed by atoms with Gasteiger partial charge in [-0.3, -0.25) is 0 Å². The summed E-state index contributed by atoms with van der Waals surface area (Å²) in [7, 11) is -2.85. The molecule has 1 aliphatic rings. The van der Waals surface area contributed by atoms with Gasteiger partial charge in [-0.25, -0.2) is 8.42 Å². The van der Waals surface area contributed by atoms with Gasteiger partial charge in [0.25, 0.3) is 0 Å². The molecular weight excluding hydrogens is 288 g/mol. The summed E-state index contributed by atoms with van der Waals surface area (Å²) in [4.78, 5) is 2.24. The quantitative estimate of drug-likeness (QED) is 0.782. The minimum Gasteiger partial charge on any atom is -0.354 e. The second-order valence-corrected chi connectivity index (χ2v) is 8.02. The Hall–Kier alpha value is -1.21. The Morgan fingerprint density at radius 3 is 2.86 bits per heavy atom. The molecule has 1 aromatic heterocycles. The molecule has 2 heterocycles. The summed E-state index contributed by atoms with van der Waals surface area (Å²) in [6.07, 6.45) is 4.18. The Labute approximate surface area is 126 Å². The van der Waals surface area contributed by atoms with E-state index in [0.29, 0.717) is 12.5 Å². The predicted octanol–water partition coefficient (Wildman–Crippen LogP) is 0.778.